The summed E-state index contributed by atoms with van der Waals surface area (Å²) < 4.78 is 0. The van der Waals surface area contributed by atoms with Gasteiger partial charge in [0.2, 0.25) is 0 Å². The summed E-state index contributed by atoms with van der Waals surface area (Å²) in [6, 6.07) is 3.71. The summed E-state index contributed by atoms with van der Waals surface area (Å²) in [6.45, 7) is 2.18. The molecule has 1 aromatic heterocycles. The molecular weight excluding hydrogens is 216 g/mol. The highest BCUT2D eigenvalue weighted by atomic mass is 16.1. The molecule has 17 heavy (non-hydrogen) atoms. The molecule has 1 fully saturated rings. The summed E-state index contributed by atoms with van der Waals surface area (Å²) in [7, 11) is 0. The minimum atomic E-state index is -0.0557. The minimum Gasteiger partial charge on any atom is -0.349 e. The Morgan fingerprint density at radius 2 is 2.29 bits per heavy atom. The van der Waals surface area contributed by atoms with Crippen molar-refractivity contribution in [2.24, 2.45) is 11.8 Å². The number of nitrogens with one attached hydrogen (secondary N) is 2. The van der Waals surface area contributed by atoms with Gasteiger partial charge in [-0.25, -0.2) is 10.8 Å². The maximum absolute atomic E-state index is 11.9. The zero-order chi connectivity index (χ0) is 12.3. The Bertz CT molecular complexity index is 390. The van der Waals surface area contributed by atoms with E-state index >= 15 is 0 Å². The monoisotopic (exact) mass is 234 g/mol. The van der Waals surface area contributed by atoms with Gasteiger partial charge in [0, 0.05) is 12.2 Å². The van der Waals surface area contributed by atoms with Crippen LogP contribution in [0.1, 0.15) is 36.5 Å². The van der Waals surface area contributed by atoms with Gasteiger partial charge in [0.05, 0.1) is 5.56 Å². The van der Waals surface area contributed by atoms with Gasteiger partial charge in [0.1, 0.15) is 5.82 Å². The van der Waals surface area contributed by atoms with E-state index in [0.29, 0.717) is 23.3 Å². The van der Waals surface area contributed by atoms with Crippen molar-refractivity contribution < 1.29 is 4.79 Å². The van der Waals surface area contributed by atoms with E-state index in [0.717, 1.165) is 6.42 Å². The number of nitrogens with zero attached hydrogens (tertiary/aromatic N) is 1. The largest absolute Gasteiger partial charge is 0.349 e. The van der Waals surface area contributed by atoms with Crippen molar-refractivity contribution in [3.05, 3.63) is 23.9 Å². The molecular formula is C12H18N4O. The highest BCUT2D eigenvalue weighted by Crippen LogP contribution is 2.25. The van der Waals surface area contributed by atoms with Gasteiger partial charge < -0.3 is 10.7 Å². The van der Waals surface area contributed by atoms with Crippen LogP contribution in [-0.2, 0) is 0 Å². The third-order valence-corrected chi connectivity index (χ3v) is 3.35. The highest BCUT2D eigenvalue weighted by molar-refractivity contribution is 5.94. The SMILES string of the molecule is CC1CCCC1NC(=O)c1ccc(NN)nc1. The molecule has 0 aliphatic heterocycles. The van der Waals surface area contributed by atoms with E-state index in [-0.39, 0.29) is 5.91 Å². The minimum absolute atomic E-state index is 0.0557. The number of nitrogen functional groups attached to an aromatic ring is 1. The Labute approximate surface area is 101 Å². The highest BCUT2D eigenvalue weighted by Gasteiger charge is 2.25. The Hall–Kier alpha value is -1.62. The van der Waals surface area contributed by atoms with Gasteiger partial charge in [-0.1, -0.05) is 13.3 Å². The van der Waals surface area contributed by atoms with Crippen LogP contribution in [0.3, 0.4) is 0 Å². The van der Waals surface area contributed by atoms with Crippen LogP contribution < -0.4 is 16.6 Å². The fourth-order valence-electron chi connectivity index (χ4n) is 2.23. The molecule has 4 N–H and O–H groups in total. The first-order valence-electron chi connectivity index (χ1n) is 5.94. The molecule has 0 aromatic carbocycles. The summed E-state index contributed by atoms with van der Waals surface area (Å²) in [5, 5.41) is 3.05. The van der Waals surface area contributed by atoms with Crippen LogP contribution in [0.5, 0.6) is 0 Å². The van der Waals surface area contributed by atoms with Crippen LogP contribution >= 0.6 is 0 Å². The topological polar surface area (TPSA) is 80.0 Å². The number of amides is 1. The second-order valence-electron chi connectivity index (χ2n) is 4.56. The van der Waals surface area contributed by atoms with Crippen molar-refractivity contribution in [1.29, 1.82) is 0 Å². The molecule has 1 aliphatic rings. The standard InChI is InChI=1S/C12H18N4O/c1-8-3-2-4-10(8)15-12(17)9-5-6-11(16-13)14-7-9/h5-8,10H,2-4,13H2,1H3,(H,14,16)(H,15,17). The van der Waals surface area contributed by atoms with Crippen molar-refractivity contribution in [3.8, 4) is 0 Å². The summed E-state index contributed by atoms with van der Waals surface area (Å²) >= 11 is 0. The zero-order valence-corrected chi connectivity index (χ0v) is 9.94. The van der Waals surface area contributed by atoms with E-state index in [1.807, 2.05) is 0 Å². The fraction of sp³-hybridized carbons (Fsp3) is 0.500. The third kappa shape index (κ3) is 2.74. The van der Waals surface area contributed by atoms with Crippen LogP contribution in [0.15, 0.2) is 18.3 Å². The van der Waals surface area contributed by atoms with Crippen molar-refractivity contribution in [2.45, 2.75) is 32.2 Å². The molecule has 1 heterocycles. The van der Waals surface area contributed by atoms with E-state index in [9.17, 15) is 4.79 Å². The lowest BCUT2D eigenvalue weighted by Crippen LogP contribution is -2.36. The average molecular weight is 234 g/mol. The number of rotatable bonds is 3. The molecule has 2 rings (SSSR count). The first-order chi connectivity index (χ1) is 8.20. The molecule has 2 unspecified atom stereocenters. The Morgan fingerprint density at radius 1 is 1.47 bits per heavy atom. The first kappa shape index (κ1) is 11.9. The molecule has 1 saturated carbocycles. The van der Waals surface area contributed by atoms with Gasteiger partial charge in [-0.15, -0.1) is 0 Å². The number of nitrogens with two attached hydrogens (primary N) is 1. The molecule has 1 amide bonds. The molecule has 0 saturated heterocycles. The van der Waals surface area contributed by atoms with Crippen molar-refractivity contribution in [2.75, 3.05) is 5.43 Å². The van der Waals surface area contributed by atoms with Crippen LogP contribution in [0.4, 0.5) is 5.82 Å². The van der Waals surface area contributed by atoms with E-state index in [1.165, 1.54) is 19.0 Å². The van der Waals surface area contributed by atoms with Gasteiger partial charge in [-0.05, 0) is 30.9 Å². The maximum atomic E-state index is 11.9. The van der Waals surface area contributed by atoms with Crippen molar-refractivity contribution >= 4 is 11.7 Å². The van der Waals surface area contributed by atoms with Crippen molar-refractivity contribution in [1.82, 2.24) is 10.3 Å². The second kappa shape index (κ2) is 5.14. The second-order valence-corrected chi connectivity index (χ2v) is 4.56. The molecule has 5 heteroatoms. The van der Waals surface area contributed by atoms with Gasteiger partial charge in [-0.3, -0.25) is 4.79 Å². The van der Waals surface area contributed by atoms with Crippen LogP contribution in [0.2, 0.25) is 0 Å². The molecule has 0 radical (unpaired) electrons. The predicted octanol–water partition coefficient (Wildman–Crippen LogP) is 1.29. The van der Waals surface area contributed by atoms with Crippen LogP contribution in [-0.4, -0.2) is 16.9 Å². The predicted molar refractivity (Wildman–Crippen MR) is 66.3 cm³/mol. The lowest BCUT2D eigenvalue weighted by Gasteiger charge is -2.17. The molecule has 92 valence electrons. The summed E-state index contributed by atoms with van der Waals surface area (Å²) in [5.74, 6) is 6.28. The Balaban J connectivity index is 1.99. The number of hydrazine groups is 1. The smallest absolute Gasteiger partial charge is 0.253 e. The van der Waals surface area contributed by atoms with Crippen molar-refractivity contribution in [3.63, 3.8) is 0 Å². The fourth-order valence-corrected chi connectivity index (χ4v) is 2.23. The van der Waals surface area contributed by atoms with Gasteiger partial charge in [0.25, 0.3) is 5.91 Å². The van der Waals surface area contributed by atoms with Gasteiger partial charge in [0.15, 0.2) is 0 Å². The van der Waals surface area contributed by atoms with Gasteiger partial charge in [-0.2, -0.15) is 0 Å². The molecule has 1 aliphatic carbocycles. The van der Waals surface area contributed by atoms with E-state index in [4.69, 9.17) is 5.84 Å². The molecule has 0 spiro atoms. The van der Waals surface area contributed by atoms with Crippen LogP contribution in [0, 0.1) is 5.92 Å². The summed E-state index contributed by atoms with van der Waals surface area (Å²) in [6.07, 6.45) is 4.99. The number of aromatic nitrogens is 1. The molecule has 2 atom stereocenters. The quantitative estimate of drug-likeness (QED) is 0.544. The Morgan fingerprint density at radius 3 is 2.82 bits per heavy atom. The lowest BCUT2D eigenvalue weighted by atomic mass is 10.1. The molecule has 1 aromatic rings. The normalized spacial score (nSPS) is 23.4. The zero-order valence-electron chi connectivity index (χ0n) is 9.94. The van der Waals surface area contributed by atoms with E-state index in [1.54, 1.807) is 12.1 Å². The first-order valence-corrected chi connectivity index (χ1v) is 5.94. The summed E-state index contributed by atoms with van der Waals surface area (Å²) in [5.41, 5.74) is 3.00. The number of anilines is 1. The molecule has 0 bridgehead atoms. The number of pyridine rings is 1. The number of hydrogen-bond acceptors (Lipinski definition) is 4. The average Bonchev–Trinajstić information content (AvgIpc) is 2.75. The summed E-state index contributed by atoms with van der Waals surface area (Å²) in [4.78, 5) is 16.0. The maximum Gasteiger partial charge on any atom is 0.253 e. The van der Waals surface area contributed by atoms with Crippen LogP contribution in [0.25, 0.3) is 0 Å². The van der Waals surface area contributed by atoms with E-state index < -0.39 is 0 Å². The van der Waals surface area contributed by atoms with E-state index in [2.05, 4.69) is 22.7 Å². The number of carbonyl (C=O) groups is 1. The lowest BCUT2D eigenvalue weighted by molar-refractivity contribution is 0.0929. The van der Waals surface area contributed by atoms with Gasteiger partial charge >= 0.3 is 0 Å². The number of hydrogen-bond donors (Lipinski definition) is 3. The number of carbonyl (C=O) groups excluding carboxylic acids is 1. The third-order valence-electron chi connectivity index (χ3n) is 3.35. The molecule has 5 nitrogen and oxygen atoms in total. The Kier molecular flexibility index (Phi) is 3.58.